The minimum absolute atomic E-state index is 0.769. The van der Waals surface area contributed by atoms with E-state index in [4.69, 9.17) is 4.98 Å². The summed E-state index contributed by atoms with van der Waals surface area (Å²) in [6.07, 6.45) is 2.51. The lowest BCUT2D eigenvalue weighted by Crippen LogP contribution is -2.48. The van der Waals surface area contributed by atoms with Gasteiger partial charge in [0.25, 0.3) is 0 Å². The van der Waals surface area contributed by atoms with Crippen LogP contribution in [0.5, 0.6) is 0 Å². The average molecular weight is 343 g/mol. The molecule has 4 heterocycles. The molecule has 2 aromatic heterocycles. The molecule has 2 fully saturated rings. The van der Waals surface area contributed by atoms with Crippen LogP contribution in [0.4, 0.5) is 5.82 Å². The molecule has 4 rings (SSSR count). The second-order valence-electron chi connectivity index (χ2n) is 6.99. The first kappa shape index (κ1) is 16.2. The van der Waals surface area contributed by atoms with E-state index in [1.165, 1.54) is 48.4 Å². The van der Waals surface area contributed by atoms with Crippen LogP contribution < -0.4 is 4.90 Å². The van der Waals surface area contributed by atoms with Gasteiger partial charge in [0.1, 0.15) is 5.82 Å². The summed E-state index contributed by atoms with van der Waals surface area (Å²) in [6.45, 7) is 8.94. The molecule has 0 aromatic carbocycles. The fraction of sp³-hybridized carbons (Fsp3) is 0.579. The average Bonchev–Trinajstić information content (AvgIpc) is 2.62. The highest BCUT2D eigenvalue weighted by atomic mass is 32.2. The van der Waals surface area contributed by atoms with Crippen LogP contribution in [0.3, 0.4) is 0 Å². The molecule has 2 aliphatic rings. The zero-order chi connectivity index (χ0) is 16.5. The van der Waals surface area contributed by atoms with Gasteiger partial charge in [0.2, 0.25) is 0 Å². The third-order valence-electron chi connectivity index (χ3n) is 5.34. The number of nitrogens with zero attached hydrogens (tertiary/aromatic N) is 4. The van der Waals surface area contributed by atoms with Crippen molar-refractivity contribution in [3.63, 3.8) is 0 Å². The van der Waals surface area contributed by atoms with E-state index in [0.717, 1.165) is 36.3 Å². The fourth-order valence-electron chi connectivity index (χ4n) is 4.00. The number of anilines is 1. The van der Waals surface area contributed by atoms with Crippen LogP contribution in [0, 0.1) is 13.8 Å². The highest BCUT2D eigenvalue weighted by Gasteiger charge is 2.26. The second kappa shape index (κ2) is 6.89. The first-order valence-corrected chi connectivity index (χ1v) is 10.2. The van der Waals surface area contributed by atoms with Gasteiger partial charge in [-0.15, -0.1) is 0 Å². The van der Waals surface area contributed by atoms with Gasteiger partial charge in [0, 0.05) is 54.8 Å². The van der Waals surface area contributed by atoms with Gasteiger partial charge in [-0.3, -0.25) is 4.90 Å². The first-order chi connectivity index (χ1) is 11.7. The summed E-state index contributed by atoms with van der Waals surface area (Å²) in [4.78, 5) is 14.6. The van der Waals surface area contributed by atoms with E-state index in [9.17, 15) is 0 Å². The molecule has 0 aliphatic carbocycles. The lowest BCUT2D eigenvalue weighted by molar-refractivity contribution is 0.185. The van der Waals surface area contributed by atoms with Gasteiger partial charge in [0.05, 0.1) is 0 Å². The van der Waals surface area contributed by atoms with E-state index in [0.29, 0.717) is 0 Å². The van der Waals surface area contributed by atoms with Gasteiger partial charge in [0.15, 0.2) is 5.65 Å². The molecule has 0 N–H and O–H groups in total. The molecule has 2 saturated heterocycles. The molecular formula is C19H26N4S. The zero-order valence-corrected chi connectivity index (χ0v) is 15.5. The maximum atomic E-state index is 4.86. The molecule has 4 nitrogen and oxygen atoms in total. The third-order valence-corrected chi connectivity index (χ3v) is 6.29. The molecule has 0 saturated carbocycles. The minimum atomic E-state index is 0.769. The fourth-order valence-corrected chi connectivity index (χ4v) is 4.93. The number of piperidine rings is 1. The molecule has 0 spiro atoms. The van der Waals surface area contributed by atoms with E-state index in [2.05, 4.69) is 51.7 Å². The molecule has 0 atom stereocenters. The van der Waals surface area contributed by atoms with Crippen molar-refractivity contribution >= 4 is 28.6 Å². The summed E-state index contributed by atoms with van der Waals surface area (Å²) in [6, 6.07) is 7.26. The van der Waals surface area contributed by atoms with Crippen molar-refractivity contribution in [1.82, 2.24) is 14.9 Å². The highest BCUT2D eigenvalue weighted by molar-refractivity contribution is 7.99. The van der Waals surface area contributed by atoms with Crippen LogP contribution in [0.2, 0.25) is 0 Å². The van der Waals surface area contributed by atoms with Crippen LogP contribution in [0.25, 0.3) is 11.0 Å². The maximum Gasteiger partial charge on any atom is 0.162 e. The Morgan fingerprint density at radius 3 is 2.50 bits per heavy atom. The molecule has 0 bridgehead atoms. The Labute approximate surface area is 148 Å². The van der Waals surface area contributed by atoms with Gasteiger partial charge in [-0.2, -0.15) is 11.8 Å². The SMILES string of the molecule is Cc1cc(C)c2ccc(N3CCC(N4CCSCC4)CC3)nc2n1. The topological polar surface area (TPSA) is 32.3 Å². The molecule has 2 aliphatic heterocycles. The maximum absolute atomic E-state index is 4.86. The lowest BCUT2D eigenvalue weighted by Gasteiger charge is -2.40. The van der Waals surface area contributed by atoms with Crippen molar-refractivity contribution in [2.45, 2.75) is 32.7 Å². The van der Waals surface area contributed by atoms with Crippen LogP contribution >= 0.6 is 11.8 Å². The van der Waals surface area contributed by atoms with E-state index >= 15 is 0 Å². The third kappa shape index (κ3) is 3.24. The van der Waals surface area contributed by atoms with Crippen molar-refractivity contribution in [2.75, 3.05) is 42.6 Å². The van der Waals surface area contributed by atoms with Gasteiger partial charge >= 0.3 is 0 Å². The van der Waals surface area contributed by atoms with Crippen LogP contribution in [-0.4, -0.2) is 58.6 Å². The van der Waals surface area contributed by atoms with E-state index in [-0.39, 0.29) is 0 Å². The summed E-state index contributed by atoms with van der Waals surface area (Å²) in [5.74, 6) is 3.70. The van der Waals surface area contributed by atoms with Crippen molar-refractivity contribution in [3.8, 4) is 0 Å². The Morgan fingerprint density at radius 2 is 1.75 bits per heavy atom. The van der Waals surface area contributed by atoms with E-state index < -0.39 is 0 Å². The smallest absolute Gasteiger partial charge is 0.162 e. The van der Waals surface area contributed by atoms with Gasteiger partial charge in [-0.25, -0.2) is 9.97 Å². The molecule has 2 aromatic rings. The molecule has 5 heteroatoms. The van der Waals surface area contributed by atoms with Crippen molar-refractivity contribution in [2.24, 2.45) is 0 Å². The monoisotopic (exact) mass is 342 g/mol. The molecule has 0 amide bonds. The molecule has 24 heavy (non-hydrogen) atoms. The number of hydrogen-bond acceptors (Lipinski definition) is 5. The second-order valence-corrected chi connectivity index (χ2v) is 8.21. The summed E-state index contributed by atoms with van der Waals surface area (Å²) in [5.41, 5.74) is 3.20. The Bertz CT molecular complexity index is 719. The minimum Gasteiger partial charge on any atom is -0.356 e. The molecule has 0 radical (unpaired) electrons. The summed E-state index contributed by atoms with van der Waals surface area (Å²) in [5, 5.41) is 1.17. The Morgan fingerprint density at radius 1 is 1.00 bits per heavy atom. The molecular weight excluding hydrogens is 316 g/mol. The number of hydrogen-bond donors (Lipinski definition) is 0. The highest BCUT2D eigenvalue weighted by Crippen LogP contribution is 2.25. The van der Waals surface area contributed by atoms with Crippen molar-refractivity contribution < 1.29 is 0 Å². The van der Waals surface area contributed by atoms with Gasteiger partial charge in [-0.1, -0.05) is 0 Å². The van der Waals surface area contributed by atoms with Crippen molar-refractivity contribution in [1.29, 1.82) is 0 Å². The number of fused-ring (bicyclic) bond motifs is 1. The van der Waals surface area contributed by atoms with Crippen molar-refractivity contribution in [3.05, 3.63) is 29.5 Å². The Kier molecular flexibility index (Phi) is 4.63. The Hall–Kier alpha value is -1.33. The summed E-state index contributed by atoms with van der Waals surface area (Å²) >= 11 is 2.09. The summed E-state index contributed by atoms with van der Waals surface area (Å²) in [7, 11) is 0. The zero-order valence-electron chi connectivity index (χ0n) is 14.7. The molecule has 0 unspecified atom stereocenters. The van der Waals surface area contributed by atoms with E-state index in [1.807, 2.05) is 6.92 Å². The summed E-state index contributed by atoms with van der Waals surface area (Å²) < 4.78 is 0. The predicted molar refractivity (Wildman–Crippen MR) is 103 cm³/mol. The van der Waals surface area contributed by atoms with Gasteiger partial charge in [-0.05, 0) is 50.5 Å². The van der Waals surface area contributed by atoms with E-state index in [1.54, 1.807) is 0 Å². The number of pyridine rings is 2. The van der Waals surface area contributed by atoms with Crippen LogP contribution in [-0.2, 0) is 0 Å². The quantitative estimate of drug-likeness (QED) is 0.836. The normalized spacial score (nSPS) is 20.7. The largest absolute Gasteiger partial charge is 0.356 e. The number of rotatable bonds is 2. The predicted octanol–water partition coefficient (Wildman–Crippen LogP) is 3.26. The molecule has 128 valence electrons. The van der Waals surface area contributed by atoms with Crippen LogP contribution in [0.15, 0.2) is 18.2 Å². The van der Waals surface area contributed by atoms with Crippen LogP contribution in [0.1, 0.15) is 24.1 Å². The lowest BCUT2D eigenvalue weighted by atomic mass is 10.0. The number of aryl methyl sites for hydroxylation is 2. The number of thioether (sulfide) groups is 1. The first-order valence-electron chi connectivity index (χ1n) is 9.02. The number of aromatic nitrogens is 2. The Balaban J connectivity index is 1.48. The van der Waals surface area contributed by atoms with Gasteiger partial charge < -0.3 is 4.90 Å². The standard InChI is InChI=1S/C19H26N4S/c1-14-13-15(2)20-19-17(14)3-4-18(21-19)23-7-5-16(6-8-23)22-9-11-24-12-10-22/h3-4,13,16H,5-12H2,1-2H3.